The van der Waals surface area contributed by atoms with Gasteiger partial charge in [-0.05, 0) is 47.9 Å². The summed E-state index contributed by atoms with van der Waals surface area (Å²) in [6, 6.07) is 24.7. The molecule has 35 heavy (non-hydrogen) atoms. The average Bonchev–Trinajstić information content (AvgIpc) is 3.43. The highest BCUT2D eigenvalue weighted by molar-refractivity contribution is 5.82. The zero-order valence-corrected chi connectivity index (χ0v) is 20.0. The first-order valence-corrected chi connectivity index (χ1v) is 12.1. The van der Waals surface area contributed by atoms with Crippen molar-refractivity contribution in [3.8, 4) is 0 Å². The van der Waals surface area contributed by atoms with Crippen LogP contribution < -0.4 is 0 Å². The van der Waals surface area contributed by atoms with Gasteiger partial charge < -0.3 is 28.4 Å². The smallest absolute Gasteiger partial charge is 0.224 e. The summed E-state index contributed by atoms with van der Waals surface area (Å²) in [4.78, 5) is 0. The summed E-state index contributed by atoms with van der Waals surface area (Å²) in [5, 5.41) is 2.37. The van der Waals surface area contributed by atoms with E-state index < -0.39 is 24.0 Å². The van der Waals surface area contributed by atoms with Crippen LogP contribution in [0, 0.1) is 0 Å². The molecule has 3 aromatic carbocycles. The minimum absolute atomic E-state index is 0.263. The van der Waals surface area contributed by atoms with Crippen molar-refractivity contribution < 1.29 is 28.4 Å². The molecular weight excluding hydrogens is 444 g/mol. The normalized spacial score (nSPS) is 31.9. The molecule has 6 rings (SSSR count). The first kappa shape index (κ1) is 22.9. The molecule has 182 valence electrons. The summed E-state index contributed by atoms with van der Waals surface area (Å²) < 4.78 is 37.5. The highest BCUT2D eigenvalue weighted by atomic mass is 16.9. The van der Waals surface area contributed by atoms with Crippen LogP contribution in [-0.4, -0.2) is 49.4 Å². The van der Waals surface area contributed by atoms with Gasteiger partial charge >= 0.3 is 0 Å². The summed E-state index contributed by atoms with van der Waals surface area (Å²) in [5.41, 5.74) is 2.15. The quantitative estimate of drug-likeness (QED) is 0.515. The molecule has 3 heterocycles. The van der Waals surface area contributed by atoms with E-state index in [0.29, 0.717) is 13.2 Å². The number of rotatable bonds is 5. The third-order valence-electron chi connectivity index (χ3n) is 6.72. The van der Waals surface area contributed by atoms with E-state index in [9.17, 15) is 0 Å². The molecule has 0 aromatic heterocycles. The van der Waals surface area contributed by atoms with Crippen molar-refractivity contribution >= 4 is 16.8 Å². The van der Waals surface area contributed by atoms with Crippen LogP contribution >= 0.6 is 0 Å². The molecule has 1 spiro atoms. The Balaban J connectivity index is 1.23. The lowest BCUT2D eigenvalue weighted by Crippen LogP contribution is -2.62. The Kier molecular flexibility index (Phi) is 5.96. The predicted octanol–water partition coefficient (Wildman–Crippen LogP) is 5.06. The first-order valence-electron chi connectivity index (χ1n) is 12.1. The minimum Gasteiger partial charge on any atom is -0.365 e. The molecule has 3 fully saturated rings. The van der Waals surface area contributed by atoms with Crippen LogP contribution in [0.1, 0.15) is 25.0 Å². The van der Waals surface area contributed by atoms with Crippen LogP contribution in [0.4, 0.5) is 0 Å². The van der Waals surface area contributed by atoms with Crippen molar-refractivity contribution in [2.45, 2.75) is 56.6 Å². The number of ether oxygens (including phenoxy) is 6. The maximum Gasteiger partial charge on any atom is 0.224 e. The molecular formula is C29H30O6. The number of hydrogen-bond acceptors (Lipinski definition) is 6. The molecule has 0 bridgehead atoms. The second-order valence-corrected chi connectivity index (χ2v) is 9.74. The minimum atomic E-state index is -1.05. The predicted molar refractivity (Wildman–Crippen MR) is 131 cm³/mol. The lowest BCUT2D eigenvalue weighted by Gasteiger charge is -2.43. The fourth-order valence-corrected chi connectivity index (χ4v) is 5.02. The average molecular weight is 475 g/mol. The first-order chi connectivity index (χ1) is 17.0. The summed E-state index contributed by atoms with van der Waals surface area (Å²) >= 11 is 0. The van der Waals surface area contributed by atoms with Crippen LogP contribution in [0.2, 0.25) is 0 Å². The topological polar surface area (TPSA) is 55.4 Å². The lowest BCUT2D eigenvalue weighted by molar-refractivity contribution is -0.335. The third kappa shape index (κ3) is 4.66. The van der Waals surface area contributed by atoms with E-state index in [1.165, 1.54) is 10.8 Å². The molecule has 3 saturated heterocycles. The molecule has 3 aliphatic rings. The Morgan fingerprint density at radius 1 is 0.914 bits per heavy atom. The van der Waals surface area contributed by atoms with E-state index in [-0.39, 0.29) is 18.8 Å². The maximum atomic E-state index is 6.51. The van der Waals surface area contributed by atoms with Crippen LogP contribution in [-0.2, 0) is 35.0 Å². The molecule has 0 N–H and O–H groups in total. The Bertz CT molecular complexity index is 1210. The van der Waals surface area contributed by atoms with Crippen molar-refractivity contribution in [2.24, 2.45) is 0 Å². The SMILES string of the molecule is CC1(C)OC[C@]2(OC[C@H]3O[C@H](/C=C/c4ccccc4)O[C@H]3[C@@H]2OCc2ccc3ccccc3c2)O1. The van der Waals surface area contributed by atoms with Gasteiger partial charge in [0.15, 0.2) is 12.1 Å². The molecule has 3 aromatic rings. The Morgan fingerprint density at radius 2 is 1.71 bits per heavy atom. The second-order valence-electron chi connectivity index (χ2n) is 9.74. The van der Waals surface area contributed by atoms with Gasteiger partial charge in [-0.2, -0.15) is 0 Å². The molecule has 0 unspecified atom stereocenters. The summed E-state index contributed by atoms with van der Waals surface area (Å²) in [6.07, 6.45) is 2.29. The Morgan fingerprint density at radius 3 is 2.51 bits per heavy atom. The van der Waals surface area contributed by atoms with Gasteiger partial charge in [-0.3, -0.25) is 0 Å². The summed E-state index contributed by atoms with van der Waals surface area (Å²) in [5.74, 6) is -1.83. The van der Waals surface area contributed by atoms with Gasteiger partial charge in [-0.25, -0.2) is 0 Å². The molecule has 0 aliphatic carbocycles. The van der Waals surface area contributed by atoms with Crippen molar-refractivity contribution in [2.75, 3.05) is 13.2 Å². The van der Waals surface area contributed by atoms with Crippen molar-refractivity contribution in [1.82, 2.24) is 0 Å². The highest BCUT2D eigenvalue weighted by Crippen LogP contribution is 2.44. The van der Waals surface area contributed by atoms with Crippen molar-refractivity contribution in [3.63, 3.8) is 0 Å². The Hall–Kier alpha value is -2.58. The molecule has 6 nitrogen and oxygen atoms in total. The van der Waals surface area contributed by atoms with Crippen LogP contribution in [0.15, 0.2) is 78.9 Å². The zero-order valence-electron chi connectivity index (χ0n) is 20.0. The Labute approximate surface area is 205 Å². The third-order valence-corrected chi connectivity index (χ3v) is 6.72. The molecule has 5 atom stereocenters. The van der Waals surface area contributed by atoms with Gasteiger partial charge in [0.05, 0.1) is 13.2 Å². The molecule has 0 saturated carbocycles. The number of fused-ring (bicyclic) bond motifs is 2. The summed E-state index contributed by atoms with van der Waals surface area (Å²) in [7, 11) is 0. The van der Waals surface area contributed by atoms with E-state index in [2.05, 4.69) is 30.3 Å². The maximum absolute atomic E-state index is 6.51. The molecule has 0 radical (unpaired) electrons. The lowest BCUT2D eigenvalue weighted by atomic mass is 9.97. The van der Waals surface area contributed by atoms with E-state index >= 15 is 0 Å². The highest BCUT2D eigenvalue weighted by Gasteiger charge is 2.62. The van der Waals surface area contributed by atoms with E-state index in [1.807, 2.05) is 68.5 Å². The van der Waals surface area contributed by atoms with E-state index in [1.54, 1.807) is 0 Å². The van der Waals surface area contributed by atoms with Crippen LogP contribution in [0.3, 0.4) is 0 Å². The second kappa shape index (κ2) is 9.13. The number of hydrogen-bond donors (Lipinski definition) is 0. The van der Waals surface area contributed by atoms with Gasteiger partial charge in [0, 0.05) is 0 Å². The van der Waals surface area contributed by atoms with Gasteiger partial charge in [0.2, 0.25) is 5.79 Å². The summed E-state index contributed by atoms with van der Waals surface area (Å²) in [6.45, 7) is 4.76. The van der Waals surface area contributed by atoms with Gasteiger partial charge in [-0.15, -0.1) is 0 Å². The fourth-order valence-electron chi connectivity index (χ4n) is 5.02. The largest absolute Gasteiger partial charge is 0.365 e. The van der Waals surface area contributed by atoms with Crippen molar-refractivity contribution in [1.29, 1.82) is 0 Å². The zero-order chi connectivity index (χ0) is 23.9. The van der Waals surface area contributed by atoms with Gasteiger partial charge in [0.1, 0.15) is 24.9 Å². The molecule has 0 amide bonds. The van der Waals surface area contributed by atoms with Crippen LogP contribution in [0.25, 0.3) is 16.8 Å². The number of benzene rings is 3. The fraction of sp³-hybridized carbons (Fsp3) is 0.379. The molecule has 3 aliphatic heterocycles. The van der Waals surface area contributed by atoms with E-state index in [0.717, 1.165) is 11.1 Å². The van der Waals surface area contributed by atoms with Gasteiger partial charge in [0.25, 0.3) is 0 Å². The standard InChI is InChI=1S/C29H30O6/c1-28(2)32-19-29(35-28)27(30-17-21-12-14-22-10-6-7-11-23(22)16-21)26-24(18-31-29)33-25(34-26)15-13-20-8-4-3-5-9-20/h3-16,24-27H,17-19H2,1-2H3/b15-13+/t24-,25+,26-,27+,29+/m1/s1. The monoisotopic (exact) mass is 474 g/mol. The molecule has 6 heteroatoms. The van der Waals surface area contributed by atoms with Crippen molar-refractivity contribution in [3.05, 3.63) is 90.0 Å². The van der Waals surface area contributed by atoms with Crippen LogP contribution in [0.5, 0.6) is 0 Å². The van der Waals surface area contributed by atoms with E-state index in [4.69, 9.17) is 28.4 Å². The van der Waals surface area contributed by atoms with Gasteiger partial charge in [-0.1, -0.05) is 72.8 Å².